The van der Waals surface area contributed by atoms with E-state index >= 15 is 0 Å². The monoisotopic (exact) mass is 262 g/mol. The largest absolute Gasteiger partial charge is 0.291 e. The number of aromatic nitrogens is 4. The minimum absolute atomic E-state index is 0.0326. The second kappa shape index (κ2) is 4.28. The van der Waals surface area contributed by atoms with Crippen molar-refractivity contribution in [2.24, 2.45) is 0 Å². The zero-order valence-electron chi connectivity index (χ0n) is 10.4. The summed E-state index contributed by atoms with van der Waals surface area (Å²) < 4.78 is 1.69. The summed E-state index contributed by atoms with van der Waals surface area (Å²) in [5.41, 5.74) is 3.59. The van der Waals surface area contributed by atoms with Crippen LogP contribution in [0.15, 0.2) is 10.9 Å². The molecule has 0 spiro atoms. The fourth-order valence-electron chi connectivity index (χ4n) is 2.17. The van der Waals surface area contributed by atoms with Crippen LogP contribution in [0.3, 0.4) is 0 Å². The molecule has 0 unspecified atom stereocenters. The van der Waals surface area contributed by atoms with Crippen LogP contribution in [0, 0.1) is 13.8 Å². The van der Waals surface area contributed by atoms with Crippen LogP contribution in [-0.2, 0) is 12.2 Å². The fourth-order valence-corrected chi connectivity index (χ4v) is 3.16. The van der Waals surface area contributed by atoms with Crippen LogP contribution >= 0.6 is 11.8 Å². The van der Waals surface area contributed by atoms with Crippen molar-refractivity contribution in [2.75, 3.05) is 5.75 Å². The highest BCUT2D eigenvalue weighted by molar-refractivity contribution is 7.98. The van der Waals surface area contributed by atoms with E-state index in [4.69, 9.17) is 0 Å². The van der Waals surface area contributed by atoms with E-state index in [9.17, 15) is 4.79 Å². The molecule has 3 rings (SSSR count). The van der Waals surface area contributed by atoms with Crippen molar-refractivity contribution in [2.45, 2.75) is 26.0 Å². The SMILES string of the molecule is Cc1cc(C)n(-c2nc3c(c(=O)[nH]2)CSCC3)n1. The number of hydrogen-bond donors (Lipinski definition) is 1. The molecule has 94 valence electrons. The van der Waals surface area contributed by atoms with Crippen LogP contribution in [0.5, 0.6) is 0 Å². The number of aromatic amines is 1. The molecule has 0 radical (unpaired) electrons. The molecule has 0 bridgehead atoms. The maximum Gasteiger partial charge on any atom is 0.256 e. The van der Waals surface area contributed by atoms with Gasteiger partial charge in [0.1, 0.15) is 0 Å². The lowest BCUT2D eigenvalue weighted by molar-refractivity contribution is 0.750. The first kappa shape index (κ1) is 11.5. The number of rotatable bonds is 1. The summed E-state index contributed by atoms with van der Waals surface area (Å²) in [6.45, 7) is 3.88. The zero-order valence-corrected chi connectivity index (χ0v) is 11.2. The second-order valence-corrected chi connectivity index (χ2v) is 5.56. The Morgan fingerprint density at radius 2 is 2.28 bits per heavy atom. The van der Waals surface area contributed by atoms with E-state index in [1.807, 2.05) is 19.9 Å². The standard InChI is InChI=1S/C12H14N4OS/c1-7-5-8(2)16(15-7)12-13-10-3-4-18-6-9(10)11(17)14-12/h5H,3-4,6H2,1-2H3,(H,13,14,17). The Morgan fingerprint density at radius 1 is 1.44 bits per heavy atom. The van der Waals surface area contributed by atoms with Crippen molar-refractivity contribution in [3.05, 3.63) is 39.1 Å². The Hall–Kier alpha value is -1.56. The van der Waals surface area contributed by atoms with Gasteiger partial charge in [0.05, 0.1) is 11.4 Å². The quantitative estimate of drug-likeness (QED) is 0.843. The average molecular weight is 262 g/mol. The van der Waals surface area contributed by atoms with Gasteiger partial charge in [0, 0.05) is 17.0 Å². The molecule has 0 aliphatic carbocycles. The summed E-state index contributed by atoms with van der Waals surface area (Å²) in [5.74, 6) is 2.31. The summed E-state index contributed by atoms with van der Waals surface area (Å²) >= 11 is 1.78. The highest BCUT2D eigenvalue weighted by Gasteiger charge is 2.17. The lowest BCUT2D eigenvalue weighted by Crippen LogP contribution is -2.23. The highest BCUT2D eigenvalue weighted by Crippen LogP contribution is 2.20. The fraction of sp³-hybridized carbons (Fsp3) is 0.417. The van der Waals surface area contributed by atoms with Gasteiger partial charge in [-0.3, -0.25) is 9.78 Å². The Bertz CT molecular complexity index is 659. The van der Waals surface area contributed by atoms with Gasteiger partial charge in [-0.2, -0.15) is 16.9 Å². The molecule has 0 saturated heterocycles. The first-order valence-corrected chi connectivity index (χ1v) is 7.04. The van der Waals surface area contributed by atoms with Gasteiger partial charge >= 0.3 is 0 Å². The van der Waals surface area contributed by atoms with Crippen molar-refractivity contribution in [3.8, 4) is 5.95 Å². The molecule has 18 heavy (non-hydrogen) atoms. The highest BCUT2D eigenvalue weighted by atomic mass is 32.2. The van der Waals surface area contributed by atoms with E-state index in [1.54, 1.807) is 16.4 Å². The van der Waals surface area contributed by atoms with Gasteiger partial charge in [-0.15, -0.1) is 0 Å². The van der Waals surface area contributed by atoms with Crippen LogP contribution in [0.1, 0.15) is 22.6 Å². The van der Waals surface area contributed by atoms with Crippen molar-refractivity contribution in [3.63, 3.8) is 0 Å². The predicted octanol–water partition coefficient (Wildman–Crippen LogP) is 1.36. The molecule has 1 N–H and O–H groups in total. The van der Waals surface area contributed by atoms with Crippen molar-refractivity contribution >= 4 is 11.8 Å². The van der Waals surface area contributed by atoms with Gasteiger partial charge in [0.2, 0.25) is 5.95 Å². The third-order valence-corrected chi connectivity index (χ3v) is 4.01. The third-order valence-electron chi connectivity index (χ3n) is 3.03. The minimum atomic E-state index is -0.0326. The molecule has 5 nitrogen and oxygen atoms in total. The number of hydrogen-bond acceptors (Lipinski definition) is 4. The molecule has 0 amide bonds. The van der Waals surface area contributed by atoms with Crippen LogP contribution in [0.4, 0.5) is 0 Å². The van der Waals surface area contributed by atoms with E-state index < -0.39 is 0 Å². The lowest BCUT2D eigenvalue weighted by atomic mass is 10.2. The molecule has 0 fully saturated rings. The van der Waals surface area contributed by atoms with Gasteiger partial charge < -0.3 is 0 Å². The van der Waals surface area contributed by atoms with Gasteiger partial charge in [-0.05, 0) is 32.1 Å². The number of nitrogens with zero attached hydrogens (tertiary/aromatic N) is 3. The normalized spacial score (nSPS) is 14.6. The van der Waals surface area contributed by atoms with E-state index in [0.717, 1.165) is 40.6 Å². The molecule has 1 aliphatic rings. The molecule has 1 aliphatic heterocycles. The molecule has 3 heterocycles. The molecular formula is C12H14N4OS. The maximum atomic E-state index is 12.0. The number of aryl methyl sites for hydroxylation is 3. The van der Waals surface area contributed by atoms with E-state index in [2.05, 4.69) is 15.1 Å². The Kier molecular flexibility index (Phi) is 2.74. The van der Waals surface area contributed by atoms with Crippen LogP contribution in [-0.4, -0.2) is 25.5 Å². The Morgan fingerprint density at radius 3 is 3.00 bits per heavy atom. The van der Waals surface area contributed by atoms with E-state index in [-0.39, 0.29) is 5.56 Å². The first-order chi connectivity index (χ1) is 8.65. The molecule has 6 heteroatoms. The minimum Gasteiger partial charge on any atom is -0.291 e. The van der Waals surface area contributed by atoms with Crippen molar-refractivity contribution < 1.29 is 0 Å². The summed E-state index contributed by atoms with van der Waals surface area (Å²) in [7, 11) is 0. The average Bonchev–Trinajstić information content (AvgIpc) is 2.68. The molecule has 0 atom stereocenters. The lowest BCUT2D eigenvalue weighted by Gasteiger charge is -2.14. The first-order valence-electron chi connectivity index (χ1n) is 5.88. The molecular weight excluding hydrogens is 248 g/mol. The number of H-pyrrole nitrogens is 1. The third kappa shape index (κ3) is 1.86. The summed E-state index contributed by atoms with van der Waals surface area (Å²) in [5, 5.41) is 4.35. The summed E-state index contributed by atoms with van der Waals surface area (Å²) in [6.07, 6.45) is 0.857. The maximum absolute atomic E-state index is 12.0. The van der Waals surface area contributed by atoms with E-state index in [0.29, 0.717) is 5.95 Å². The van der Waals surface area contributed by atoms with Gasteiger partial charge in [-0.1, -0.05) is 0 Å². The zero-order chi connectivity index (χ0) is 12.7. The smallest absolute Gasteiger partial charge is 0.256 e. The molecule has 0 aromatic carbocycles. The number of nitrogens with one attached hydrogen (secondary N) is 1. The van der Waals surface area contributed by atoms with Crippen molar-refractivity contribution in [1.82, 2.24) is 19.7 Å². The van der Waals surface area contributed by atoms with Crippen LogP contribution < -0.4 is 5.56 Å². The molecule has 0 saturated carbocycles. The van der Waals surface area contributed by atoms with Crippen molar-refractivity contribution in [1.29, 1.82) is 0 Å². The van der Waals surface area contributed by atoms with Gasteiger partial charge in [0.15, 0.2) is 0 Å². The van der Waals surface area contributed by atoms with Gasteiger partial charge in [0.25, 0.3) is 5.56 Å². The van der Waals surface area contributed by atoms with Crippen LogP contribution in [0.25, 0.3) is 5.95 Å². The van der Waals surface area contributed by atoms with E-state index in [1.165, 1.54) is 0 Å². The number of thioether (sulfide) groups is 1. The van der Waals surface area contributed by atoms with Crippen LogP contribution in [0.2, 0.25) is 0 Å². The Balaban J connectivity index is 2.17. The second-order valence-electron chi connectivity index (χ2n) is 4.46. The summed E-state index contributed by atoms with van der Waals surface area (Å²) in [4.78, 5) is 19.4. The predicted molar refractivity (Wildman–Crippen MR) is 71.3 cm³/mol. The topological polar surface area (TPSA) is 63.6 Å². The molecule has 2 aromatic heterocycles. The van der Waals surface area contributed by atoms with Gasteiger partial charge in [-0.25, -0.2) is 9.67 Å². The Labute approximate surface area is 109 Å². The molecule has 2 aromatic rings. The summed E-state index contributed by atoms with van der Waals surface area (Å²) in [6, 6.07) is 1.97. The number of fused-ring (bicyclic) bond motifs is 1.